The number of carbonyl (C=O) groups is 4. The van der Waals surface area contributed by atoms with E-state index in [-0.39, 0.29) is 53.7 Å². The number of nitrogens with one attached hydrogen (secondary N) is 2. The van der Waals surface area contributed by atoms with Gasteiger partial charge >= 0.3 is 23.8 Å². The minimum absolute atomic E-state index is 0.0356. The van der Waals surface area contributed by atoms with Crippen LogP contribution < -0.4 is 10.6 Å². The zero-order chi connectivity index (χ0) is 25.4. The van der Waals surface area contributed by atoms with E-state index < -0.39 is 29.8 Å². The molecule has 1 aliphatic rings. The van der Waals surface area contributed by atoms with Crippen molar-refractivity contribution >= 4 is 46.6 Å². The molecule has 2 aromatic rings. The molecule has 2 amide bonds. The maximum Gasteiger partial charge on any atom is 0.357 e. The van der Waals surface area contributed by atoms with Crippen molar-refractivity contribution in [2.75, 3.05) is 30.4 Å². The van der Waals surface area contributed by atoms with Gasteiger partial charge in [-0.2, -0.15) is 0 Å². The minimum Gasteiger partial charge on any atom is -0.461 e. The summed E-state index contributed by atoms with van der Waals surface area (Å²) in [6.07, 6.45) is 0. The summed E-state index contributed by atoms with van der Waals surface area (Å²) < 4.78 is 10.3. The van der Waals surface area contributed by atoms with E-state index in [4.69, 9.17) is 9.47 Å². The fourth-order valence-electron chi connectivity index (χ4n) is 3.33. The maximum atomic E-state index is 12.8. The van der Waals surface area contributed by atoms with Crippen molar-refractivity contribution in [2.24, 2.45) is 9.98 Å². The second-order valence-electron chi connectivity index (χ2n) is 7.46. The van der Waals surface area contributed by atoms with Crippen LogP contribution in [0.15, 0.2) is 58.5 Å². The number of benzene rings is 2. The Morgan fingerprint density at radius 1 is 0.829 bits per heavy atom. The second kappa shape index (κ2) is 11.7. The molecule has 10 heteroatoms. The maximum absolute atomic E-state index is 12.8. The highest BCUT2D eigenvalue weighted by Gasteiger charge is 2.25. The van der Waals surface area contributed by atoms with Gasteiger partial charge in [-0.3, -0.25) is 19.6 Å². The van der Waals surface area contributed by atoms with E-state index >= 15 is 0 Å². The number of hydrogen-bond acceptors (Lipinski definition) is 8. The van der Waals surface area contributed by atoms with Gasteiger partial charge in [-0.25, -0.2) is 9.59 Å². The normalized spacial score (nSPS) is 16.3. The molecular weight excluding hydrogens is 452 g/mol. The van der Waals surface area contributed by atoms with E-state index in [0.29, 0.717) is 0 Å². The van der Waals surface area contributed by atoms with Crippen molar-refractivity contribution in [1.82, 2.24) is 0 Å². The summed E-state index contributed by atoms with van der Waals surface area (Å²) in [7, 11) is 0. The summed E-state index contributed by atoms with van der Waals surface area (Å²) in [5.74, 6) is -3.35. The number of ether oxygens (including phenoxy) is 2. The van der Waals surface area contributed by atoms with E-state index in [2.05, 4.69) is 20.6 Å². The van der Waals surface area contributed by atoms with Crippen LogP contribution in [0.4, 0.5) is 11.4 Å². The number of carbonyl (C=O) groups excluding carboxylic acids is 4. The lowest BCUT2D eigenvalue weighted by Crippen LogP contribution is -2.32. The first-order chi connectivity index (χ1) is 16.8. The molecule has 2 aromatic carbocycles. The van der Waals surface area contributed by atoms with Crippen LogP contribution >= 0.6 is 0 Å². The summed E-state index contributed by atoms with van der Waals surface area (Å²) in [6.45, 7) is 5.32. The minimum atomic E-state index is -0.977. The van der Waals surface area contributed by atoms with E-state index in [1.54, 1.807) is 69.3 Å². The highest BCUT2D eigenvalue weighted by molar-refractivity contribution is 6.48. The number of nitrogens with zero attached hydrogens (tertiary/aromatic N) is 2. The van der Waals surface area contributed by atoms with Gasteiger partial charge < -0.3 is 20.1 Å². The van der Waals surface area contributed by atoms with E-state index in [1.807, 2.05) is 0 Å². The van der Waals surface area contributed by atoms with Gasteiger partial charge in [0, 0.05) is 11.1 Å². The molecule has 10 nitrogen and oxygen atoms in total. The molecular formula is C25H26N4O6. The van der Waals surface area contributed by atoms with Gasteiger partial charge in [0.1, 0.15) is 0 Å². The molecule has 2 N–H and O–H groups in total. The molecule has 0 fully saturated rings. The van der Waals surface area contributed by atoms with Crippen LogP contribution in [-0.4, -0.2) is 61.0 Å². The molecule has 0 spiro atoms. The van der Waals surface area contributed by atoms with Crippen molar-refractivity contribution < 1.29 is 28.7 Å². The Bertz CT molecular complexity index is 1200. The number of anilines is 2. The molecule has 0 radical (unpaired) electrons. The van der Waals surface area contributed by atoms with Crippen molar-refractivity contribution in [3.63, 3.8) is 0 Å². The Labute approximate surface area is 202 Å². The van der Waals surface area contributed by atoms with E-state index in [1.165, 1.54) is 0 Å². The largest absolute Gasteiger partial charge is 0.461 e. The van der Waals surface area contributed by atoms with Crippen LogP contribution in [0, 0.1) is 0 Å². The van der Waals surface area contributed by atoms with E-state index in [9.17, 15) is 19.2 Å². The SMILES string of the molecule is CCOC(=O)C1=NCC(C)N=C(C(=O)OCC)c2ccccc2NC(=O)C(=O)Nc2ccccc21. The zero-order valence-electron chi connectivity index (χ0n) is 19.7. The number of hydrogen-bond donors (Lipinski definition) is 2. The lowest BCUT2D eigenvalue weighted by Gasteiger charge is -2.17. The summed E-state index contributed by atoms with van der Waals surface area (Å²) in [5.41, 5.74) is 0.916. The number of aliphatic imine (C=N–C) groups is 2. The van der Waals surface area contributed by atoms with E-state index in [0.717, 1.165) is 0 Å². The molecule has 0 saturated heterocycles. The Hall–Kier alpha value is -4.34. The standard InChI is InChI=1S/C25H26N4O6/c1-4-34-24(32)20-16-10-6-8-12-18(16)28-22(30)23(31)29-19-13-9-7-11-17(19)21(25(33)35-5-2)27-15(3)14-26-20/h6-13,15H,4-5,14H2,1-3H3,(H,28,30)(H,29,31). The summed E-state index contributed by atoms with van der Waals surface area (Å²) in [4.78, 5) is 59.9. The van der Waals surface area contributed by atoms with Crippen LogP contribution in [0.2, 0.25) is 0 Å². The lowest BCUT2D eigenvalue weighted by atomic mass is 10.1. The summed E-state index contributed by atoms with van der Waals surface area (Å²) in [6, 6.07) is 12.4. The Morgan fingerprint density at radius 3 is 1.80 bits per heavy atom. The fraction of sp³-hybridized carbons (Fsp3) is 0.280. The van der Waals surface area contributed by atoms with Gasteiger partial charge in [0.15, 0.2) is 11.4 Å². The Balaban J connectivity index is 2.19. The quantitative estimate of drug-likeness (QED) is 0.512. The predicted molar refractivity (Wildman–Crippen MR) is 131 cm³/mol. The van der Waals surface area contributed by atoms with Gasteiger partial charge in [-0.15, -0.1) is 0 Å². The van der Waals surface area contributed by atoms with Gasteiger partial charge in [-0.05, 0) is 32.9 Å². The summed E-state index contributed by atoms with van der Waals surface area (Å²) >= 11 is 0. The number of fused-ring (bicyclic) bond motifs is 2. The molecule has 182 valence electrons. The fourth-order valence-corrected chi connectivity index (χ4v) is 3.33. The molecule has 0 saturated carbocycles. The van der Waals surface area contributed by atoms with Crippen LogP contribution in [-0.2, 0) is 28.7 Å². The van der Waals surface area contributed by atoms with Crippen LogP contribution in [0.5, 0.6) is 0 Å². The highest BCUT2D eigenvalue weighted by atomic mass is 16.5. The first-order valence-electron chi connectivity index (χ1n) is 11.1. The van der Waals surface area contributed by atoms with Crippen molar-refractivity contribution in [1.29, 1.82) is 0 Å². The highest BCUT2D eigenvalue weighted by Crippen LogP contribution is 2.21. The van der Waals surface area contributed by atoms with Crippen LogP contribution in [0.1, 0.15) is 31.9 Å². The number of para-hydroxylation sites is 2. The average molecular weight is 479 g/mol. The Morgan fingerprint density at radius 2 is 1.29 bits per heavy atom. The van der Waals surface area contributed by atoms with Crippen molar-refractivity contribution in [2.45, 2.75) is 26.8 Å². The molecule has 0 aromatic heterocycles. The van der Waals surface area contributed by atoms with Crippen LogP contribution in [0.3, 0.4) is 0 Å². The third kappa shape index (κ3) is 6.17. The predicted octanol–water partition coefficient (Wildman–Crippen LogP) is 2.37. The van der Waals surface area contributed by atoms with Gasteiger partial charge in [0.25, 0.3) is 0 Å². The first-order valence-corrected chi connectivity index (χ1v) is 11.1. The number of rotatable bonds is 4. The smallest absolute Gasteiger partial charge is 0.357 e. The van der Waals surface area contributed by atoms with Crippen molar-refractivity contribution in [3.8, 4) is 0 Å². The third-order valence-electron chi connectivity index (χ3n) is 4.87. The molecule has 0 aliphatic carbocycles. The molecule has 1 heterocycles. The number of amides is 2. The summed E-state index contributed by atoms with van der Waals surface area (Å²) in [5, 5.41) is 5.06. The Kier molecular flexibility index (Phi) is 8.44. The average Bonchev–Trinajstić information content (AvgIpc) is 2.84. The first kappa shape index (κ1) is 25.3. The molecule has 0 bridgehead atoms. The van der Waals surface area contributed by atoms with Crippen molar-refractivity contribution in [3.05, 3.63) is 59.7 Å². The number of esters is 2. The van der Waals surface area contributed by atoms with Gasteiger partial charge in [-0.1, -0.05) is 36.4 Å². The molecule has 1 aliphatic heterocycles. The zero-order valence-corrected chi connectivity index (χ0v) is 19.7. The molecule has 1 unspecified atom stereocenters. The molecule has 35 heavy (non-hydrogen) atoms. The van der Waals surface area contributed by atoms with Crippen LogP contribution in [0.25, 0.3) is 0 Å². The lowest BCUT2D eigenvalue weighted by molar-refractivity contribution is -0.135. The topological polar surface area (TPSA) is 136 Å². The van der Waals surface area contributed by atoms with Gasteiger partial charge in [0.05, 0.1) is 37.2 Å². The third-order valence-corrected chi connectivity index (χ3v) is 4.87. The van der Waals surface area contributed by atoms with Gasteiger partial charge in [0.2, 0.25) is 0 Å². The monoisotopic (exact) mass is 478 g/mol. The second-order valence-corrected chi connectivity index (χ2v) is 7.46. The molecule has 1 atom stereocenters. The molecule has 3 rings (SSSR count).